The van der Waals surface area contributed by atoms with Crippen molar-refractivity contribution in [3.63, 3.8) is 0 Å². The van der Waals surface area contributed by atoms with Gasteiger partial charge < -0.3 is 19.1 Å². The molecule has 2 heterocycles. The summed E-state index contributed by atoms with van der Waals surface area (Å²) in [7, 11) is 1.56. The summed E-state index contributed by atoms with van der Waals surface area (Å²) in [6.45, 7) is 2.75. The summed E-state index contributed by atoms with van der Waals surface area (Å²) in [6, 6.07) is 10.6. The van der Waals surface area contributed by atoms with Crippen LogP contribution in [0.1, 0.15) is 23.1 Å². The zero-order chi connectivity index (χ0) is 25.1. The molecule has 1 unspecified atom stereocenters. The van der Waals surface area contributed by atoms with E-state index in [0.29, 0.717) is 30.9 Å². The van der Waals surface area contributed by atoms with Crippen LogP contribution in [0.2, 0.25) is 5.02 Å². The number of nitrogens with zero attached hydrogens (tertiary/aromatic N) is 5. The van der Waals surface area contributed by atoms with Crippen LogP contribution in [0.5, 0.6) is 5.75 Å². The van der Waals surface area contributed by atoms with Gasteiger partial charge >= 0.3 is 0 Å². The van der Waals surface area contributed by atoms with E-state index in [1.807, 2.05) is 6.92 Å². The first kappa shape index (κ1) is 24.1. The van der Waals surface area contributed by atoms with Crippen molar-refractivity contribution in [1.29, 1.82) is 0 Å². The lowest BCUT2D eigenvalue weighted by molar-refractivity contribution is -0.384. The maximum Gasteiger partial charge on any atom is 0.270 e. The van der Waals surface area contributed by atoms with Crippen LogP contribution in [0.4, 0.5) is 5.69 Å². The molecule has 1 aliphatic heterocycles. The van der Waals surface area contributed by atoms with E-state index in [1.54, 1.807) is 41.2 Å². The van der Waals surface area contributed by atoms with Gasteiger partial charge in [-0.05, 0) is 31.2 Å². The number of methoxy groups -OCH3 is 1. The van der Waals surface area contributed by atoms with Gasteiger partial charge in [-0.2, -0.15) is 4.98 Å². The minimum atomic E-state index is -0.573. The number of ether oxygens (including phenoxy) is 1. The highest BCUT2D eigenvalue weighted by Gasteiger charge is 2.32. The number of non-ortho nitro benzene ring substituents is 1. The standard InChI is InChI=1S/C23H22ClN5O6/c1-14-13-27(8-9-28(14)23(31)18-7-6-16(29(32)33)11-19(18)24)21(30)12-20-25-22(35-26-20)15-4-3-5-17(10-15)34-2/h3-7,10-11,14H,8-9,12-13H2,1-2H3. The number of hydrogen-bond donors (Lipinski definition) is 0. The Bertz CT molecular complexity index is 1280. The Balaban J connectivity index is 1.38. The normalized spacial score (nSPS) is 15.7. The number of nitro benzene ring substituents is 1. The van der Waals surface area contributed by atoms with Crippen LogP contribution >= 0.6 is 11.6 Å². The molecule has 3 aromatic rings. The lowest BCUT2D eigenvalue weighted by Crippen LogP contribution is -2.55. The van der Waals surface area contributed by atoms with E-state index in [-0.39, 0.29) is 52.3 Å². The Morgan fingerprint density at radius 2 is 2.06 bits per heavy atom. The molecular formula is C23H22ClN5O6. The van der Waals surface area contributed by atoms with E-state index in [4.69, 9.17) is 20.9 Å². The molecule has 0 radical (unpaired) electrons. The molecule has 11 nitrogen and oxygen atoms in total. The number of piperazine rings is 1. The SMILES string of the molecule is COc1cccc(-c2nc(CC(=O)N3CCN(C(=O)c4ccc([N+](=O)[O-])cc4Cl)C(C)C3)no2)c1. The molecular weight excluding hydrogens is 478 g/mol. The fourth-order valence-corrected chi connectivity index (χ4v) is 4.13. The Labute approximate surface area is 205 Å². The smallest absolute Gasteiger partial charge is 0.270 e. The molecule has 0 spiro atoms. The van der Waals surface area contributed by atoms with Gasteiger partial charge in [-0.3, -0.25) is 19.7 Å². The van der Waals surface area contributed by atoms with Gasteiger partial charge in [0.1, 0.15) is 5.75 Å². The molecule has 2 aromatic carbocycles. The number of amides is 2. The second kappa shape index (κ2) is 10.1. The molecule has 0 bridgehead atoms. The van der Waals surface area contributed by atoms with E-state index in [9.17, 15) is 19.7 Å². The van der Waals surface area contributed by atoms with E-state index < -0.39 is 4.92 Å². The highest BCUT2D eigenvalue weighted by molar-refractivity contribution is 6.34. The van der Waals surface area contributed by atoms with Gasteiger partial charge in [0, 0.05) is 43.4 Å². The van der Waals surface area contributed by atoms with Crippen molar-refractivity contribution in [3.8, 4) is 17.2 Å². The van der Waals surface area contributed by atoms with Crippen LogP contribution in [0.3, 0.4) is 0 Å². The summed E-state index contributed by atoms with van der Waals surface area (Å²) in [5.74, 6) is 0.669. The quantitative estimate of drug-likeness (QED) is 0.373. The summed E-state index contributed by atoms with van der Waals surface area (Å²) in [6.07, 6.45) is -0.0394. The van der Waals surface area contributed by atoms with Crippen molar-refractivity contribution in [1.82, 2.24) is 19.9 Å². The highest BCUT2D eigenvalue weighted by Crippen LogP contribution is 2.26. The predicted octanol–water partition coefficient (Wildman–Crippen LogP) is 3.22. The number of carbonyl (C=O) groups excluding carboxylic acids is 2. The van der Waals surface area contributed by atoms with E-state index in [0.717, 1.165) is 6.07 Å². The summed E-state index contributed by atoms with van der Waals surface area (Å²) < 4.78 is 10.5. The van der Waals surface area contributed by atoms with Gasteiger partial charge in [-0.1, -0.05) is 22.8 Å². The Morgan fingerprint density at radius 3 is 2.74 bits per heavy atom. The number of rotatable bonds is 6. The first-order valence-electron chi connectivity index (χ1n) is 10.8. The van der Waals surface area contributed by atoms with E-state index in [2.05, 4.69) is 10.1 Å². The van der Waals surface area contributed by atoms with Crippen molar-refractivity contribution in [3.05, 3.63) is 69.0 Å². The molecule has 0 N–H and O–H groups in total. The number of hydrogen-bond acceptors (Lipinski definition) is 8. The average Bonchev–Trinajstić information content (AvgIpc) is 3.32. The molecule has 1 saturated heterocycles. The van der Waals surface area contributed by atoms with E-state index in [1.165, 1.54) is 12.1 Å². The monoisotopic (exact) mass is 499 g/mol. The predicted molar refractivity (Wildman–Crippen MR) is 125 cm³/mol. The van der Waals surface area contributed by atoms with Crippen LogP contribution < -0.4 is 4.74 Å². The third-order valence-electron chi connectivity index (χ3n) is 5.73. The number of aromatic nitrogens is 2. The van der Waals surface area contributed by atoms with Gasteiger partial charge in [-0.15, -0.1) is 0 Å². The Hall–Kier alpha value is -3.99. The molecule has 1 atom stereocenters. The molecule has 35 heavy (non-hydrogen) atoms. The van der Waals surface area contributed by atoms with Crippen LogP contribution in [-0.2, 0) is 11.2 Å². The molecule has 1 aromatic heterocycles. The third kappa shape index (κ3) is 5.24. The fourth-order valence-electron chi connectivity index (χ4n) is 3.88. The largest absolute Gasteiger partial charge is 0.497 e. The van der Waals surface area contributed by atoms with Crippen LogP contribution in [0, 0.1) is 10.1 Å². The zero-order valence-corrected chi connectivity index (χ0v) is 19.8. The lowest BCUT2D eigenvalue weighted by atomic mass is 10.1. The molecule has 12 heteroatoms. The number of benzene rings is 2. The second-order valence-electron chi connectivity index (χ2n) is 8.03. The maximum atomic E-state index is 13.0. The second-order valence-corrected chi connectivity index (χ2v) is 8.44. The van der Waals surface area contributed by atoms with Gasteiger partial charge in [0.05, 0.1) is 29.0 Å². The maximum absolute atomic E-state index is 13.0. The highest BCUT2D eigenvalue weighted by atomic mass is 35.5. The van der Waals surface area contributed by atoms with Crippen molar-refractivity contribution >= 4 is 29.1 Å². The van der Waals surface area contributed by atoms with Crippen LogP contribution in [0.15, 0.2) is 47.0 Å². The van der Waals surface area contributed by atoms with Gasteiger partial charge in [0.2, 0.25) is 5.91 Å². The summed E-state index contributed by atoms with van der Waals surface area (Å²) in [5.41, 5.74) is 0.674. The van der Waals surface area contributed by atoms with Crippen molar-refractivity contribution in [2.75, 3.05) is 26.7 Å². The van der Waals surface area contributed by atoms with Crippen LogP contribution in [-0.4, -0.2) is 69.5 Å². The molecule has 1 aliphatic rings. The summed E-state index contributed by atoms with van der Waals surface area (Å²) in [4.78, 5) is 43.8. The molecule has 1 fully saturated rings. The van der Waals surface area contributed by atoms with Gasteiger partial charge in [0.25, 0.3) is 17.5 Å². The van der Waals surface area contributed by atoms with Crippen molar-refractivity contribution < 1.29 is 23.8 Å². The summed E-state index contributed by atoms with van der Waals surface area (Å²) >= 11 is 6.12. The van der Waals surface area contributed by atoms with Crippen molar-refractivity contribution in [2.45, 2.75) is 19.4 Å². The molecule has 0 aliphatic carbocycles. The zero-order valence-electron chi connectivity index (χ0n) is 19.0. The minimum absolute atomic E-state index is 0.0128. The van der Waals surface area contributed by atoms with Crippen molar-refractivity contribution in [2.24, 2.45) is 0 Å². The number of nitro groups is 1. The first-order valence-corrected chi connectivity index (χ1v) is 11.1. The molecule has 4 rings (SSSR count). The molecule has 2 amide bonds. The third-order valence-corrected chi connectivity index (χ3v) is 6.04. The Kier molecular flexibility index (Phi) is 6.97. The molecule has 0 saturated carbocycles. The van der Waals surface area contributed by atoms with E-state index >= 15 is 0 Å². The Morgan fingerprint density at radius 1 is 1.26 bits per heavy atom. The average molecular weight is 500 g/mol. The number of carbonyl (C=O) groups is 2. The summed E-state index contributed by atoms with van der Waals surface area (Å²) in [5, 5.41) is 14.8. The first-order chi connectivity index (χ1) is 16.8. The van der Waals surface area contributed by atoms with Gasteiger partial charge in [0.15, 0.2) is 5.82 Å². The van der Waals surface area contributed by atoms with Crippen LogP contribution in [0.25, 0.3) is 11.5 Å². The molecule has 182 valence electrons. The topological polar surface area (TPSA) is 132 Å². The number of halogens is 1. The lowest BCUT2D eigenvalue weighted by Gasteiger charge is -2.40. The minimum Gasteiger partial charge on any atom is -0.497 e. The van der Waals surface area contributed by atoms with Gasteiger partial charge in [-0.25, -0.2) is 0 Å². The fraction of sp³-hybridized carbons (Fsp3) is 0.304.